The quantitative estimate of drug-likeness (QED) is 0.793. The van der Waals surface area contributed by atoms with Crippen LogP contribution in [0, 0.1) is 11.7 Å². The van der Waals surface area contributed by atoms with Crippen molar-refractivity contribution in [2.75, 3.05) is 33.7 Å². The van der Waals surface area contributed by atoms with E-state index in [1.165, 1.54) is 6.07 Å². The fourth-order valence-electron chi connectivity index (χ4n) is 2.28. The van der Waals surface area contributed by atoms with Gasteiger partial charge in [-0.15, -0.1) is 0 Å². The minimum absolute atomic E-state index is 0.194. The van der Waals surface area contributed by atoms with Gasteiger partial charge in [0.05, 0.1) is 0 Å². The summed E-state index contributed by atoms with van der Waals surface area (Å²) < 4.78 is 13.6. The second kappa shape index (κ2) is 8.35. The highest BCUT2D eigenvalue weighted by Gasteiger charge is 2.10. The minimum atomic E-state index is -0.194. The zero-order valence-electron chi connectivity index (χ0n) is 13.2. The number of nitrogens with two attached hydrogens (primary N) is 1. The Bertz CT molecular complexity index is 405. The van der Waals surface area contributed by atoms with Gasteiger partial charge in [-0.2, -0.15) is 0 Å². The van der Waals surface area contributed by atoms with Crippen molar-refractivity contribution in [2.24, 2.45) is 11.7 Å². The number of benzene rings is 1. The molecule has 0 bridgehead atoms. The summed E-state index contributed by atoms with van der Waals surface area (Å²) >= 11 is 0. The van der Waals surface area contributed by atoms with Crippen LogP contribution in [-0.4, -0.2) is 43.5 Å². The van der Waals surface area contributed by atoms with Crippen molar-refractivity contribution >= 4 is 0 Å². The van der Waals surface area contributed by atoms with Crippen molar-refractivity contribution in [3.63, 3.8) is 0 Å². The third-order valence-electron chi connectivity index (χ3n) is 3.15. The van der Waals surface area contributed by atoms with E-state index in [2.05, 4.69) is 37.7 Å². The highest BCUT2D eigenvalue weighted by atomic mass is 19.1. The molecule has 0 saturated carbocycles. The summed E-state index contributed by atoms with van der Waals surface area (Å²) in [4.78, 5) is 4.55. The second-order valence-corrected chi connectivity index (χ2v) is 6.10. The van der Waals surface area contributed by atoms with Gasteiger partial charge in [0.15, 0.2) is 0 Å². The molecule has 0 spiro atoms. The Labute approximate surface area is 122 Å². The molecule has 0 aromatic heterocycles. The summed E-state index contributed by atoms with van der Waals surface area (Å²) in [6.07, 6.45) is 0. The zero-order chi connectivity index (χ0) is 15.1. The monoisotopic (exact) mass is 281 g/mol. The predicted octanol–water partition coefficient (Wildman–Crippen LogP) is 2.30. The maximum atomic E-state index is 13.6. The van der Waals surface area contributed by atoms with Crippen LogP contribution in [0.1, 0.15) is 25.0 Å². The highest BCUT2D eigenvalue weighted by Crippen LogP contribution is 2.12. The van der Waals surface area contributed by atoms with Crippen LogP contribution in [0.25, 0.3) is 0 Å². The Morgan fingerprint density at radius 1 is 1.10 bits per heavy atom. The average molecular weight is 281 g/mol. The van der Waals surface area contributed by atoms with E-state index < -0.39 is 0 Å². The molecule has 0 saturated heterocycles. The number of nitrogens with zero attached hydrogens (tertiary/aromatic N) is 2. The van der Waals surface area contributed by atoms with Crippen LogP contribution in [0.5, 0.6) is 0 Å². The van der Waals surface area contributed by atoms with Crippen LogP contribution in [0.2, 0.25) is 0 Å². The molecule has 1 rings (SSSR count). The summed E-state index contributed by atoms with van der Waals surface area (Å²) in [5, 5.41) is 0. The molecule has 0 radical (unpaired) electrons. The molecule has 0 fully saturated rings. The first-order valence-corrected chi connectivity index (χ1v) is 7.26. The van der Waals surface area contributed by atoms with Crippen LogP contribution in [0.4, 0.5) is 4.39 Å². The van der Waals surface area contributed by atoms with E-state index >= 15 is 0 Å². The lowest BCUT2D eigenvalue weighted by atomic mass is 10.1. The molecule has 2 N–H and O–H groups in total. The summed E-state index contributed by atoms with van der Waals surface area (Å²) in [5.41, 5.74) is 7.47. The van der Waals surface area contributed by atoms with Crippen molar-refractivity contribution in [3.8, 4) is 0 Å². The Kier molecular flexibility index (Phi) is 7.13. The second-order valence-electron chi connectivity index (χ2n) is 6.10. The highest BCUT2D eigenvalue weighted by molar-refractivity contribution is 5.24. The lowest BCUT2D eigenvalue weighted by Gasteiger charge is -2.26. The molecule has 0 unspecified atom stereocenters. The van der Waals surface area contributed by atoms with Crippen molar-refractivity contribution in [1.82, 2.24) is 9.80 Å². The van der Waals surface area contributed by atoms with Gasteiger partial charge in [-0.3, -0.25) is 4.90 Å². The third-order valence-corrected chi connectivity index (χ3v) is 3.15. The van der Waals surface area contributed by atoms with Gasteiger partial charge in [-0.25, -0.2) is 4.39 Å². The average Bonchev–Trinajstić information content (AvgIpc) is 2.34. The molecule has 3 nitrogen and oxygen atoms in total. The first-order valence-electron chi connectivity index (χ1n) is 7.26. The fourth-order valence-corrected chi connectivity index (χ4v) is 2.28. The van der Waals surface area contributed by atoms with Crippen molar-refractivity contribution in [1.29, 1.82) is 0 Å². The van der Waals surface area contributed by atoms with E-state index in [1.54, 1.807) is 6.07 Å². The SMILES string of the molecule is CC(C)CN(CCN(C)C)Cc1cc(F)cc(CN)c1. The molecular formula is C16H28FN3. The van der Waals surface area contributed by atoms with E-state index in [9.17, 15) is 4.39 Å². The molecule has 0 aliphatic carbocycles. The number of hydrogen-bond donors (Lipinski definition) is 1. The van der Waals surface area contributed by atoms with Gasteiger partial charge in [0.25, 0.3) is 0 Å². The molecule has 20 heavy (non-hydrogen) atoms. The van der Waals surface area contributed by atoms with Gasteiger partial charge in [-0.1, -0.05) is 19.9 Å². The molecule has 114 valence electrons. The van der Waals surface area contributed by atoms with Gasteiger partial charge in [-0.05, 0) is 43.3 Å². The zero-order valence-corrected chi connectivity index (χ0v) is 13.2. The Balaban J connectivity index is 2.74. The molecule has 0 heterocycles. The number of likely N-dealkylation sites (N-methyl/N-ethyl adjacent to an activating group) is 1. The summed E-state index contributed by atoms with van der Waals surface area (Å²) in [6.45, 7) is 8.58. The molecular weight excluding hydrogens is 253 g/mol. The van der Waals surface area contributed by atoms with E-state index in [4.69, 9.17) is 5.73 Å². The summed E-state index contributed by atoms with van der Waals surface area (Å²) in [5.74, 6) is 0.403. The molecule has 0 atom stereocenters. The van der Waals surface area contributed by atoms with E-state index in [-0.39, 0.29) is 5.82 Å². The largest absolute Gasteiger partial charge is 0.326 e. The summed E-state index contributed by atoms with van der Waals surface area (Å²) in [7, 11) is 4.14. The predicted molar refractivity (Wildman–Crippen MR) is 83.0 cm³/mol. The van der Waals surface area contributed by atoms with Crippen molar-refractivity contribution < 1.29 is 4.39 Å². The fraction of sp³-hybridized carbons (Fsp3) is 0.625. The molecule has 1 aromatic rings. The van der Waals surface area contributed by atoms with Crippen LogP contribution in [0.3, 0.4) is 0 Å². The maximum Gasteiger partial charge on any atom is 0.123 e. The topological polar surface area (TPSA) is 32.5 Å². The molecule has 0 aliphatic heterocycles. The summed E-state index contributed by atoms with van der Waals surface area (Å²) in [6, 6.07) is 5.13. The number of hydrogen-bond acceptors (Lipinski definition) is 3. The van der Waals surface area contributed by atoms with Crippen LogP contribution < -0.4 is 5.73 Å². The van der Waals surface area contributed by atoms with E-state index in [0.717, 1.165) is 37.3 Å². The van der Waals surface area contributed by atoms with Gasteiger partial charge in [0, 0.05) is 32.7 Å². The van der Waals surface area contributed by atoms with Crippen molar-refractivity contribution in [2.45, 2.75) is 26.9 Å². The van der Waals surface area contributed by atoms with Gasteiger partial charge < -0.3 is 10.6 Å². The smallest absolute Gasteiger partial charge is 0.123 e. The van der Waals surface area contributed by atoms with Gasteiger partial charge in [0.1, 0.15) is 5.82 Å². The first-order chi connectivity index (χ1) is 9.40. The Hall–Kier alpha value is -0.970. The lowest BCUT2D eigenvalue weighted by Crippen LogP contribution is -2.34. The maximum absolute atomic E-state index is 13.6. The molecule has 0 aliphatic rings. The normalized spacial score (nSPS) is 11.8. The third kappa shape index (κ3) is 6.46. The first kappa shape index (κ1) is 17.1. The standard InChI is InChI=1S/C16H28FN3/c1-13(2)11-20(6-5-19(3)4)12-15-7-14(10-18)8-16(17)9-15/h7-9,13H,5-6,10-12,18H2,1-4H3. The van der Waals surface area contributed by atoms with Crippen LogP contribution >= 0.6 is 0 Å². The number of halogens is 1. The molecule has 4 heteroatoms. The minimum Gasteiger partial charge on any atom is -0.326 e. The van der Waals surface area contributed by atoms with Crippen LogP contribution in [-0.2, 0) is 13.1 Å². The van der Waals surface area contributed by atoms with Crippen LogP contribution in [0.15, 0.2) is 18.2 Å². The lowest BCUT2D eigenvalue weighted by molar-refractivity contribution is 0.211. The van der Waals surface area contributed by atoms with Crippen molar-refractivity contribution in [3.05, 3.63) is 35.1 Å². The number of rotatable bonds is 8. The molecule has 1 aromatic carbocycles. The van der Waals surface area contributed by atoms with Gasteiger partial charge >= 0.3 is 0 Å². The van der Waals surface area contributed by atoms with E-state index in [0.29, 0.717) is 12.5 Å². The van der Waals surface area contributed by atoms with Gasteiger partial charge in [0.2, 0.25) is 0 Å². The van der Waals surface area contributed by atoms with E-state index in [1.807, 2.05) is 6.07 Å². The Morgan fingerprint density at radius 3 is 2.30 bits per heavy atom. The Morgan fingerprint density at radius 2 is 1.75 bits per heavy atom. The molecule has 0 amide bonds.